The zero-order valence-electron chi connectivity index (χ0n) is 13.6. The van der Waals surface area contributed by atoms with E-state index in [-0.39, 0.29) is 22.7 Å². The monoisotopic (exact) mass is 319 g/mol. The lowest BCUT2D eigenvalue weighted by atomic mass is 9.70. The highest BCUT2D eigenvalue weighted by Crippen LogP contribution is 2.47. The molecule has 5 nitrogen and oxygen atoms in total. The van der Waals surface area contributed by atoms with Gasteiger partial charge in [0.1, 0.15) is 17.4 Å². The van der Waals surface area contributed by atoms with Crippen molar-refractivity contribution in [2.24, 2.45) is 11.1 Å². The van der Waals surface area contributed by atoms with Gasteiger partial charge in [-0.05, 0) is 11.0 Å². The summed E-state index contributed by atoms with van der Waals surface area (Å²) < 4.78 is 5.64. The molecule has 1 aromatic carbocycles. The van der Waals surface area contributed by atoms with Crippen LogP contribution in [0.15, 0.2) is 47.1 Å². The molecule has 2 aliphatic rings. The van der Waals surface area contributed by atoms with Crippen LogP contribution in [0.2, 0.25) is 0 Å². The molecular weight excluding hydrogens is 302 g/mol. The molecule has 1 aliphatic carbocycles. The molecule has 24 heavy (non-hydrogen) atoms. The van der Waals surface area contributed by atoms with Crippen LogP contribution in [0, 0.1) is 23.3 Å². The molecule has 0 fully saturated rings. The number of ketones is 1. The number of benzene rings is 1. The molecule has 1 atom stereocenters. The van der Waals surface area contributed by atoms with E-state index in [1.165, 1.54) is 0 Å². The molecule has 2 N–H and O–H groups in total. The fourth-order valence-electron chi connectivity index (χ4n) is 3.36. The van der Waals surface area contributed by atoms with Crippen molar-refractivity contribution in [3.8, 4) is 6.07 Å². The summed E-state index contributed by atoms with van der Waals surface area (Å²) in [6.07, 6.45) is 1.01. The second-order valence-electron chi connectivity index (χ2n) is 6.91. The number of nitriles is 1. The maximum absolute atomic E-state index is 12.8. The molecule has 1 aliphatic heterocycles. The Kier molecular flexibility index (Phi) is 3.66. The first kappa shape index (κ1) is 15.8. The van der Waals surface area contributed by atoms with E-state index in [1.807, 2.05) is 13.8 Å². The largest absolute Gasteiger partial charge is 0.444 e. The molecule has 120 valence electrons. The quantitative estimate of drug-likeness (QED) is 0.801. The van der Waals surface area contributed by atoms with Crippen molar-refractivity contribution in [2.45, 2.75) is 32.6 Å². The zero-order chi connectivity index (χ0) is 17.5. The Morgan fingerprint density at radius 3 is 2.58 bits per heavy atom. The second kappa shape index (κ2) is 5.54. The van der Waals surface area contributed by atoms with Gasteiger partial charge in [0.15, 0.2) is 11.5 Å². The highest BCUT2D eigenvalue weighted by atomic mass is 16.5. The van der Waals surface area contributed by atoms with Crippen LogP contribution in [0.1, 0.15) is 38.2 Å². The number of nitrogens with zero attached hydrogens (tertiary/aromatic N) is 2. The first-order chi connectivity index (χ1) is 11.4. The molecule has 0 saturated heterocycles. The zero-order valence-corrected chi connectivity index (χ0v) is 13.6. The maximum atomic E-state index is 12.8. The lowest BCUT2D eigenvalue weighted by Crippen LogP contribution is -2.33. The number of hydrogen-bond donors (Lipinski definition) is 1. The van der Waals surface area contributed by atoms with Crippen molar-refractivity contribution in [1.82, 2.24) is 0 Å². The molecule has 0 spiro atoms. The van der Waals surface area contributed by atoms with Gasteiger partial charge >= 0.3 is 0 Å². The third kappa shape index (κ3) is 2.55. The average Bonchev–Trinajstić information content (AvgIpc) is 2.52. The molecular formula is C19H17N3O2. The summed E-state index contributed by atoms with van der Waals surface area (Å²) in [6, 6.07) is 8.99. The van der Waals surface area contributed by atoms with Crippen LogP contribution in [-0.2, 0) is 9.53 Å². The fourth-order valence-corrected chi connectivity index (χ4v) is 3.36. The maximum Gasteiger partial charge on any atom is 0.205 e. The van der Waals surface area contributed by atoms with Gasteiger partial charge in [-0.2, -0.15) is 5.26 Å². The number of rotatable bonds is 1. The SMILES string of the molecule is [C-]#[N+]c1ccc(C2C(C#N)=C(N)OC3=C2C(=O)CC(C)(C)C3)cc1. The van der Waals surface area contributed by atoms with E-state index in [0.717, 1.165) is 5.56 Å². The van der Waals surface area contributed by atoms with Gasteiger partial charge in [0, 0.05) is 18.4 Å². The van der Waals surface area contributed by atoms with Gasteiger partial charge in [0.25, 0.3) is 0 Å². The van der Waals surface area contributed by atoms with Gasteiger partial charge in [-0.15, -0.1) is 0 Å². The predicted octanol–water partition coefficient (Wildman–Crippen LogP) is 3.69. The first-order valence-corrected chi connectivity index (χ1v) is 7.67. The van der Waals surface area contributed by atoms with Crippen LogP contribution in [0.3, 0.4) is 0 Å². The Labute approximate surface area is 140 Å². The molecule has 1 heterocycles. The minimum absolute atomic E-state index is 0.0132. The van der Waals surface area contributed by atoms with Crippen LogP contribution in [-0.4, -0.2) is 5.78 Å². The van der Waals surface area contributed by atoms with Gasteiger partial charge in [0.05, 0.1) is 12.5 Å². The molecule has 0 amide bonds. The Morgan fingerprint density at radius 1 is 1.33 bits per heavy atom. The third-order valence-corrected chi connectivity index (χ3v) is 4.43. The van der Waals surface area contributed by atoms with E-state index in [1.54, 1.807) is 24.3 Å². The lowest BCUT2D eigenvalue weighted by molar-refractivity contribution is -0.119. The van der Waals surface area contributed by atoms with Crippen molar-refractivity contribution < 1.29 is 9.53 Å². The van der Waals surface area contributed by atoms with Crippen molar-refractivity contribution >= 4 is 11.5 Å². The van der Waals surface area contributed by atoms with E-state index < -0.39 is 5.92 Å². The summed E-state index contributed by atoms with van der Waals surface area (Å²) in [5.74, 6) is 0.0795. The minimum Gasteiger partial charge on any atom is -0.444 e. The van der Waals surface area contributed by atoms with Gasteiger partial charge in [0.2, 0.25) is 5.88 Å². The standard InChI is InChI=1S/C19H17N3O2/c1-19(2)8-14(23)17-15(9-19)24-18(21)13(10-20)16(17)11-4-6-12(22-3)7-5-11/h4-7,16H,8-9,21H2,1-2H3. The number of hydrogen-bond acceptors (Lipinski definition) is 4. The third-order valence-electron chi connectivity index (χ3n) is 4.43. The number of Topliss-reactive ketones (excluding diaryl/α,β-unsaturated/α-hetero) is 1. The minimum atomic E-state index is -0.526. The summed E-state index contributed by atoms with van der Waals surface area (Å²) >= 11 is 0. The Balaban J connectivity index is 2.16. The van der Waals surface area contributed by atoms with Gasteiger partial charge < -0.3 is 10.5 Å². The number of carbonyl (C=O) groups is 1. The van der Waals surface area contributed by atoms with E-state index >= 15 is 0 Å². The molecule has 0 saturated carbocycles. The Hall–Kier alpha value is -3.05. The fraction of sp³-hybridized carbons (Fsp3) is 0.316. The first-order valence-electron chi connectivity index (χ1n) is 7.67. The lowest BCUT2D eigenvalue weighted by Gasteiger charge is -2.37. The summed E-state index contributed by atoms with van der Waals surface area (Å²) in [7, 11) is 0. The van der Waals surface area contributed by atoms with Crippen molar-refractivity contribution in [1.29, 1.82) is 5.26 Å². The summed E-state index contributed by atoms with van der Waals surface area (Å²) in [5.41, 5.74) is 7.81. The number of allylic oxidation sites excluding steroid dienone is 3. The van der Waals surface area contributed by atoms with Crippen LogP contribution in [0.25, 0.3) is 4.85 Å². The molecule has 0 bridgehead atoms. The van der Waals surface area contributed by atoms with E-state index in [2.05, 4.69) is 10.9 Å². The number of carbonyl (C=O) groups excluding carboxylic acids is 1. The summed E-state index contributed by atoms with van der Waals surface area (Å²) in [6.45, 7) is 11.1. The van der Waals surface area contributed by atoms with Crippen LogP contribution in [0.4, 0.5) is 5.69 Å². The Bertz CT molecular complexity index is 861. The smallest absolute Gasteiger partial charge is 0.205 e. The molecule has 1 aromatic rings. The van der Waals surface area contributed by atoms with E-state index in [0.29, 0.717) is 29.9 Å². The van der Waals surface area contributed by atoms with Crippen molar-refractivity contribution in [3.63, 3.8) is 0 Å². The predicted molar refractivity (Wildman–Crippen MR) is 88.4 cm³/mol. The van der Waals surface area contributed by atoms with E-state index in [9.17, 15) is 10.1 Å². The van der Waals surface area contributed by atoms with Crippen LogP contribution in [0.5, 0.6) is 0 Å². The summed E-state index contributed by atoms with van der Waals surface area (Å²) in [4.78, 5) is 16.1. The normalized spacial score (nSPS) is 22.3. The van der Waals surface area contributed by atoms with Gasteiger partial charge in [-0.1, -0.05) is 38.1 Å². The van der Waals surface area contributed by atoms with Gasteiger partial charge in [-0.25, -0.2) is 4.85 Å². The number of nitrogens with two attached hydrogens (primary N) is 1. The molecule has 0 radical (unpaired) electrons. The van der Waals surface area contributed by atoms with Crippen molar-refractivity contribution in [3.05, 3.63) is 64.0 Å². The number of ether oxygens (including phenoxy) is 1. The van der Waals surface area contributed by atoms with Crippen molar-refractivity contribution in [2.75, 3.05) is 0 Å². The highest BCUT2D eigenvalue weighted by Gasteiger charge is 2.42. The van der Waals surface area contributed by atoms with Crippen LogP contribution >= 0.6 is 0 Å². The average molecular weight is 319 g/mol. The topological polar surface area (TPSA) is 80.5 Å². The molecule has 0 aromatic heterocycles. The van der Waals surface area contributed by atoms with Crippen LogP contribution < -0.4 is 5.73 Å². The molecule has 1 unspecified atom stereocenters. The molecule has 3 rings (SSSR count). The highest BCUT2D eigenvalue weighted by molar-refractivity contribution is 6.00. The van der Waals surface area contributed by atoms with E-state index in [4.69, 9.17) is 17.0 Å². The summed E-state index contributed by atoms with van der Waals surface area (Å²) in [5, 5.41) is 9.52. The molecule has 5 heteroatoms. The van der Waals surface area contributed by atoms with Gasteiger partial charge in [-0.3, -0.25) is 4.79 Å². The Morgan fingerprint density at radius 2 is 2.00 bits per heavy atom. The second-order valence-corrected chi connectivity index (χ2v) is 6.91.